The summed E-state index contributed by atoms with van der Waals surface area (Å²) in [6, 6.07) is 6.00. The Labute approximate surface area is 161 Å². The number of benzene rings is 1. The average Bonchev–Trinajstić information content (AvgIpc) is 2.67. The second-order valence-corrected chi connectivity index (χ2v) is 6.24. The standard InChI is InChI=1S/C18H15F6N3O2/c19-17(20,21)12-3-1-4-13(11-12)29-16(28)27-9-7-26(8-10-27)15-14(18(22,23)24)5-2-6-25-15/h1-6,11H,7-10H2. The molecule has 2 heterocycles. The van der Waals surface area contributed by atoms with Gasteiger partial charge >= 0.3 is 18.4 Å². The Morgan fingerprint density at radius 1 is 0.931 bits per heavy atom. The molecule has 1 aromatic carbocycles. The molecular weight excluding hydrogens is 404 g/mol. The molecule has 5 nitrogen and oxygen atoms in total. The zero-order valence-corrected chi connectivity index (χ0v) is 14.8. The minimum atomic E-state index is -4.58. The molecule has 0 unspecified atom stereocenters. The number of piperazine rings is 1. The van der Waals surface area contributed by atoms with Crippen molar-refractivity contribution in [3.05, 3.63) is 53.7 Å². The first-order chi connectivity index (χ1) is 13.6. The lowest BCUT2D eigenvalue weighted by Gasteiger charge is -2.35. The van der Waals surface area contributed by atoms with Gasteiger partial charge in [0.15, 0.2) is 0 Å². The first kappa shape index (κ1) is 20.7. The Bertz CT molecular complexity index is 876. The predicted octanol–water partition coefficient (Wildman–Crippen LogP) is 4.44. The summed E-state index contributed by atoms with van der Waals surface area (Å²) >= 11 is 0. The van der Waals surface area contributed by atoms with E-state index in [-0.39, 0.29) is 37.7 Å². The number of anilines is 1. The van der Waals surface area contributed by atoms with Crippen molar-refractivity contribution in [1.82, 2.24) is 9.88 Å². The van der Waals surface area contributed by atoms with Crippen molar-refractivity contribution >= 4 is 11.9 Å². The van der Waals surface area contributed by atoms with E-state index in [2.05, 4.69) is 4.98 Å². The number of nitrogens with zero attached hydrogens (tertiary/aromatic N) is 3. The molecule has 0 aliphatic carbocycles. The van der Waals surface area contributed by atoms with Crippen LogP contribution >= 0.6 is 0 Å². The van der Waals surface area contributed by atoms with Crippen LogP contribution in [0.2, 0.25) is 0 Å². The maximum absolute atomic E-state index is 13.1. The highest BCUT2D eigenvalue weighted by Gasteiger charge is 2.36. The van der Waals surface area contributed by atoms with Crippen LogP contribution in [-0.2, 0) is 12.4 Å². The average molecular weight is 419 g/mol. The maximum Gasteiger partial charge on any atom is 0.419 e. The Morgan fingerprint density at radius 3 is 2.24 bits per heavy atom. The Kier molecular flexibility index (Phi) is 5.58. The zero-order chi connectivity index (χ0) is 21.2. The van der Waals surface area contributed by atoms with E-state index in [1.54, 1.807) is 0 Å². The van der Waals surface area contributed by atoms with Crippen LogP contribution in [-0.4, -0.2) is 42.2 Å². The SMILES string of the molecule is O=C(Oc1cccc(C(F)(F)F)c1)N1CCN(c2ncccc2C(F)(F)F)CC1. The summed E-state index contributed by atoms with van der Waals surface area (Å²) in [6.45, 7) is 0.201. The fourth-order valence-electron chi connectivity index (χ4n) is 2.87. The molecule has 156 valence electrons. The number of hydrogen-bond acceptors (Lipinski definition) is 4. The summed E-state index contributed by atoms with van der Waals surface area (Å²) in [5.74, 6) is -0.498. The highest BCUT2D eigenvalue weighted by atomic mass is 19.4. The van der Waals surface area contributed by atoms with Crippen molar-refractivity contribution in [2.75, 3.05) is 31.1 Å². The molecule has 1 aromatic heterocycles. The van der Waals surface area contributed by atoms with Gasteiger partial charge in [-0.25, -0.2) is 9.78 Å². The van der Waals surface area contributed by atoms with Crippen LogP contribution in [0.4, 0.5) is 37.0 Å². The molecule has 2 aromatic rings. The second kappa shape index (κ2) is 7.80. The fraction of sp³-hybridized carbons (Fsp3) is 0.333. The van der Waals surface area contributed by atoms with Gasteiger partial charge in [-0.3, -0.25) is 0 Å². The number of hydrogen-bond donors (Lipinski definition) is 0. The van der Waals surface area contributed by atoms with Gasteiger partial charge in [-0.15, -0.1) is 0 Å². The smallest absolute Gasteiger partial charge is 0.410 e. The molecule has 29 heavy (non-hydrogen) atoms. The van der Waals surface area contributed by atoms with E-state index in [0.29, 0.717) is 6.07 Å². The highest BCUT2D eigenvalue weighted by molar-refractivity contribution is 5.71. The molecule has 1 fully saturated rings. The lowest BCUT2D eigenvalue weighted by molar-refractivity contribution is -0.138. The van der Waals surface area contributed by atoms with E-state index in [1.165, 1.54) is 28.1 Å². The van der Waals surface area contributed by atoms with Gasteiger partial charge < -0.3 is 14.5 Å². The molecule has 0 bridgehead atoms. The van der Waals surface area contributed by atoms with Gasteiger partial charge in [-0.1, -0.05) is 6.07 Å². The molecule has 0 atom stereocenters. The number of halogens is 6. The third kappa shape index (κ3) is 4.90. The number of aromatic nitrogens is 1. The van der Waals surface area contributed by atoms with Gasteiger partial charge in [0.1, 0.15) is 11.6 Å². The van der Waals surface area contributed by atoms with Crippen LogP contribution in [0.25, 0.3) is 0 Å². The molecule has 0 radical (unpaired) electrons. The monoisotopic (exact) mass is 419 g/mol. The minimum Gasteiger partial charge on any atom is -0.410 e. The Morgan fingerprint density at radius 2 is 1.62 bits per heavy atom. The van der Waals surface area contributed by atoms with E-state index in [0.717, 1.165) is 18.2 Å². The van der Waals surface area contributed by atoms with Crippen LogP contribution in [0.3, 0.4) is 0 Å². The predicted molar refractivity (Wildman–Crippen MR) is 90.5 cm³/mol. The number of pyridine rings is 1. The first-order valence-electron chi connectivity index (χ1n) is 8.47. The summed E-state index contributed by atoms with van der Waals surface area (Å²) in [4.78, 5) is 18.6. The van der Waals surface area contributed by atoms with Crippen LogP contribution in [0, 0.1) is 0 Å². The van der Waals surface area contributed by atoms with Gasteiger partial charge in [0.05, 0.1) is 11.1 Å². The van der Waals surface area contributed by atoms with Crippen molar-refractivity contribution in [3.8, 4) is 5.75 Å². The summed E-state index contributed by atoms with van der Waals surface area (Å²) < 4.78 is 82.6. The van der Waals surface area contributed by atoms with Crippen molar-refractivity contribution in [3.63, 3.8) is 0 Å². The maximum atomic E-state index is 13.1. The zero-order valence-electron chi connectivity index (χ0n) is 14.8. The van der Waals surface area contributed by atoms with E-state index in [1.807, 2.05) is 0 Å². The largest absolute Gasteiger partial charge is 0.419 e. The molecule has 1 aliphatic heterocycles. The second-order valence-electron chi connectivity index (χ2n) is 6.24. The minimum absolute atomic E-state index is 0.0334. The van der Waals surface area contributed by atoms with Crippen LogP contribution in [0.1, 0.15) is 11.1 Å². The van der Waals surface area contributed by atoms with Crippen LogP contribution in [0.5, 0.6) is 5.75 Å². The van der Waals surface area contributed by atoms with Gasteiger partial charge in [0, 0.05) is 32.4 Å². The summed E-state index contributed by atoms with van der Waals surface area (Å²) in [5, 5.41) is 0. The molecular formula is C18H15F6N3O2. The van der Waals surface area contributed by atoms with Crippen LogP contribution < -0.4 is 9.64 Å². The molecule has 0 N–H and O–H groups in total. The Hall–Kier alpha value is -2.98. The lowest BCUT2D eigenvalue weighted by Crippen LogP contribution is -2.50. The highest BCUT2D eigenvalue weighted by Crippen LogP contribution is 2.35. The number of carbonyl (C=O) groups excluding carboxylic acids is 1. The molecule has 3 rings (SSSR count). The molecule has 1 aliphatic rings. The van der Waals surface area contributed by atoms with Crippen molar-refractivity contribution in [2.45, 2.75) is 12.4 Å². The van der Waals surface area contributed by atoms with Gasteiger partial charge in [-0.05, 0) is 30.3 Å². The topological polar surface area (TPSA) is 45.7 Å². The molecule has 0 saturated carbocycles. The lowest BCUT2D eigenvalue weighted by atomic mass is 10.2. The third-order valence-electron chi connectivity index (χ3n) is 4.30. The van der Waals surface area contributed by atoms with E-state index in [9.17, 15) is 31.1 Å². The molecule has 0 spiro atoms. The van der Waals surface area contributed by atoms with E-state index >= 15 is 0 Å². The fourth-order valence-corrected chi connectivity index (χ4v) is 2.87. The normalized spacial score (nSPS) is 15.4. The van der Waals surface area contributed by atoms with Crippen molar-refractivity contribution in [2.24, 2.45) is 0 Å². The van der Waals surface area contributed by atoms with Crippen LogP contribution in [0.15, 0.2) is 42.6 Å². The number of alkyl halides is 6. The number of carbonyl (C=O) groups is 1. The molecule has 1 saturated heterocycles. The summed E-state index contributed by atoms with van der Waals surface area (Å²) in [7, 11) is 0. The van der Waals surface area contributed by atoms with Gasteiger partial charge in [0.25, 0.3) is 0 Å². The summed E-state index contributed by atoms with van der Waals surface area (Å²) in [5.41, 5.74) is -1.83. The van der Waals surface area contributed by atoms with Crippen molar-refractivity contribution in [1.29, 1.82) is 0 Å². The number of rotatable bonds is 2. The van der Waals surface area contributed by atoms with Crippen molar-refractivity contribution < 1.29 is 35.9 Å². The molecule has 11 heteroatoms. The number of ether oxygens (including phenoxy) is 1. The van der Waals surface area contributed by atoms with E-state index in [4.69, 9.17) is 4.74 Å². The number of amides is 1. The molecule has 1 amide bonds. The summed E-state index contributed by atoms with van der Waals surface area (Å²) in [6.07, 6.45) is -8.77. The van der Waals surface area contributed by atoms with Gasteiger partial charge in [-0.2, -0.15) is 26.3 Å². The van der Waals surface area contributed by atoms with Gasteiger partial charge in [0.2, 0.25) is 0 Å². The Balaban J connectivity index is 1.64. The third-order valence-corrected chi connectivity index (χ3v) is 4.30. The van der Waals surface area contributed by atoms with E-state index < -0.39 is 29.6 Å². The first-order valence-corrected chi connectivity index (χ1v) is 8.47. The quantitative estimate of drug-likeness (QED) is 0.676.